The molecule has 0 atom stereocenters. The third-order valence-electron chi connectivity index (χ3n) is 3.32. The molecule has 1 N–H and O–H groups in total. The van der Waals surface area contributed by atoms with Gasteiger partial charge >= 0.3 is 0 Å². The van der Waals surface area contributed by atoms with Crippen LogP contribution in [-0.4, -0.2) is 19.6 Å². The van der Waals surface area contributed by atoms with Gasteiger partial charge in [0.2, 0.25) is 0 Å². The Morgan fingerprint density at radius 2 is 2.05 bits per heavy atom. The van der Waals surface area contributed by atoms with Crippen molar-refractivity contribution >= 4 is 5.82 Å². The molecule has 0 unspecified atom stereocenters. The average molecular weight is 261 g/mol. The van der Waals surface area contributed by atoms with Gasteiger partial charge in [-0.15, -0.1) is 0 Å². The number of aryl methyl sites for hydroxylation is 2. The number of hydrogen-bond donors (Lipinski definition) is 1. The number of nitrogens with one attached hydrogen (secondary N) is 1. The standard InChI is InChI=1S/C14H23N5/c1-10(2)9-19-11(3)6-14(17-19)15-7-13-8-16-18(5)12(13)4/h6,8,10H,7,9H2,1-5H3,(H,15,17). The van der Waals surface area contributed by atoms with Gasteiger partial charge in [0.25, 0.3) is 0 Å². The normalized spacial score (nSPS) is 11.3. The predicted octanol–water partition coefficient (Wildman–Crippen LogP) is 2.50. The molecule has 5 nitrogen and oxygen atoms in total. The average Bonchev–Trinajstić information content (AvgIpc) is 2.82. The van der Waals surface area contributed by atoms with Crippen LogP contribution in [0.1, 0.15) is 30.8 Å². The first-order chi connectivity index (χ1) is 8.97. The minimum atomic E-state index is 0.604. The molecule has 0 fully saturated rings. The van der Waals surface area contributed by atoms with Crippen molar-refractivity contribution in [3.63, 3.8) is 0 Å². The third kappa shape index (κ3) is 3.16. The van der Waals surface area contributed by atoms with Gasteiger partial charge in [-0.2, -0.15) is 10.2 Å². The molecule has 2 heterocycles. The summed E-state index contributed by atoms with van der Waals surface area (Å²) < 4.78 is 3.95. The molecule has 0 bridgehead atoms. The smallest absolute Gasteiger partial charge is 0.148 e. The van der Waals surface area contributed by atoms with Gasteiger partial charge in [-0.3, -0.25) is 9.36 Å². The molecule has 104 valence electrons. The van der Waals surface area contributed by atoms with Gasteiger partial charge in [0.05, 0.1) is 6.20 Å². The molecule has 0 saturated heterocycles. The van der Waals surface area contributed by atoms with Crippen molar-refractivity contribution in [1.82, 2.24) is 19.6 Å². The summed E-state index contributed by atoms with van der Waals surface area (Å²) in [5.41, 5.74) is 3.59. The number of anilines is 1. The second kappa shape index (κ2) is 5.47. The van der Waals surface area contributed by atoms with E-state index in [1.54, 1.807) is 0 Å². The molecule has 0 aromatic carbocycles. The molecule has 0 aliphatic heterocycles. The SMILES string of the molecule is Cc1c(CNc2cc(C)n(CC(C)C)n2)cnn1C. The summed E-state index contributed by atoms with van der Waals surface area (Å²) in [5, 5.41) is 12.2. The van der Waals surface area contributed by atoms with Crippen molar-refractivity contribution in [2.75, 3.05) is 5.32 Å². The van der Waals surface area contributed by atoms with Crippen molar-refractivity contribution in [3.8, 4) is 0 Å². The maximum Gasteiger partial charge on any atom is 0.148 e. The monoisotopic (exact) mass is 261 g/mol. The van der Waals surface area contributed by atoms with Crippen LogP contribution in [0.3, 0.4) is 0 Å². The Morgan fingerprint density at radius 1 is 1.32 bits per heavy atom. The highest BCUT2D eigenvalue weighted by Crippen LogP contribution is 2.13. The van der Waals surface area contributed by atoms with Crippen LogP contribution in [0.4, 0.5) is 5.82 Å². The van der Waals surface area contributed by atoms with E-state index in [0.29, 0.717) is 5.92 Å². The molecular formula is C14H23N5. The van der Waals surface area contributed by atoms with Crippen LogP contribution in [0, 0.1) is 19.8 Å². The zero-order valence-corrected chi connectivity index (χ0v) is 12.4. The van der Waals surface area contributed by atoms with Crippen molar-refractivity contribution < 1.29 is 0 Å². The minimum absolute atomic E-state index is 0.604. The zero-order chi connectivity index (χ0) is 14.0. The van der Waals surface area contributed by atoms with Gasteiger partial charge in [-0.05, 0) is 19.8 Å². The number of nitrogens with zero attached hydrogens (tertiary/aromatic N) is 4. The fraction of sp³-hybridized carbons (Fsp3) is 0.571. The second-order valence-electron chi connectivity index (χ2n) is 5.48. The van der Waals surface area contributed by atoms with Crippen LogP contribution in [0.25, 0.3) is 0 Å². The highest BCUT2D eigenvalue weighted by Gasteiger charge is 2.07. The molecule has 0 radical (unpaired) electrons. The maximum atomic E-state index is 4.58. The van der Waals surface area contributed by atoms with E-state index in [4.69, 9.17) is 0 Å². The Kier molecular flexibility index (Phi) is 3.93. The molecule has 0 spiro atoms. The van der Waals surface area contributed by atoms with Gasteiger partial charge in [-0.25, -0.2) is 0 Å². The molecule has 0 amide bonds. The molecule has 19 heavy (non-hydrogen) atoms. The minimum Gasteiger partial charge on any atom is -0.364 e. The van der Waals surface area contributed by atoms with Crippen LogP contribution in [0.15, 0.2) is 12.3 Å². The quantitative estimate of drug-likeness (QED) is 0.899. The van der Waals surface area contributed by atoms with E-state index in [2.05, 4.69) is 54.0 Å². The fourth-order valence-corrected chi connectivity index (χ4v) is 2.03. The Hall–Kier alpha value is -1.78. The van der Waals surface area contributed by atoms with Crippen molar-refractivity contribution in [2.45, 2.75) is 40.8 Å². The van der Waals surface area contributed by atoms with Crippen LogP contribution >= 0.6 is 0 Å². The summed E-state index contributed by atoms with van der Waals surface area (Å²) in [6.45, 7) is 10.3. The van der Waals surface area contributed by atoms with Crippen molar-refractivity contribution in [1.29, 1.82) is 0 Å². The lowest BCUT2D eigenvalue weighted by Crippen LogP contribution is -2.08. The Morgan fingerprint density at radius 3 is 2.63 bits per heavy atom. The lowest BCUT2D eigenvalue weighted by molar-refractivity contribution is 0.475. The molecule has 5 heteroatoms. The van der Waals surface area contributed by atoms with Gasteiger partial charge in [0, 0.05) is 43.2 Å². The van der Waals surface area contributed by atoms with E-state index in [1.807, 2.05) is 17.9 Å². The number of rotatable bonds is 5. The topological polar surface area (TPSA) is 47.7 Å². The summed E-state index contributed by atoms with van der Waals surface area (Å²) in [6.07, 6.45) is 1.90. The summed E-state index contributed by atoms with van der Waals surface area (Å²) >= 11 is 0. The van der Waals surface area contributed by atoms with Gasteiger partial charge in [0.1, 0.15) is 5.82 Å². The Labute approximate surface area is 114 Å². The molecule has 0 aliphatic rings. The zero-order valence-electron chi connectivity index (χ0n) is 12.4. The van der Waals surface area contributed by atoms with Crippen molar-refractivity contribution in [3.05, 3.63) is 29.2 Å². The predicted molar refractivity (Wildman–Crippen MR) is 77.1 cm³/mol. The van der Waals surface area contributed by atoms with Crippen LogP contribution < -0.4 is 5.32 Å². The van der Waals surface area contributed by atoms with E-state index in [0.717, 1.165) is 18.9 Å². The van der Waals surface area contributed by atoms with Gasteiger partial charge in [-0.1, -0.05) is 13.8 Å². The highest BCUT2D eigenvalue weighted by molar-refractivity contribution is 5.37. The molecule has 0 saturated carbocycles. The lowest BCUT2D eigenvalue weighted by atomic mass is 10.2. The maximum absolute atomic E-state index is 4.58. The molecule has 2 aromatic rings. The van der Waals surface area contributed by atoms with E-state index in [-0.39, 0.29) is 0 Å². The van der Waals surface area contributed by atoms with Gasteiger partial charge < -0.3 is 5.32 Å². The summed E-state index contributed by atoms with van der Waals surface area (Å²) in [7, 11) is 1.96. The van der Waals surface area contributed by atoms with Crippen LogP contribution in [0.5, 0.6) is 0 Å². The summed E-state index contributed by atoms with van der Waals surface area (Å²) in [5.74, 6) is 1.54. The lowest BCUT2D eigenvalue weighted by Gasteiger charge is -2.06. The van der Waals surface area contributed by atoms with Crippen LogP contribution in [-0.2, 0) is 20.1 Å². The first-order valence-electron chi connectivity index (χ1n) is 6.73. The molecule has 0 aliphatic carbocycles. The second-order valence-corrected chi connectivity index (χ2v) is 5.48. The van der Waals surface area contributed by atoms with Crippen LogP contribution in [0.2, 0.25) is 0 Å². The fourth-order valence-electron chi connectivity index (χ4n) is 2.03. The van der Waals surface area contributed by atoms with E-state index < -0.39 is 0 Å². The Bertz CT molecular complexity index is 550. The third-order valence-corrected chi connectivity index (χ3v) is 3.32. The van der Waals surface area contributed by atoms with Gasteiger partial charge in [0.15, 0.2) is 0 Å². The summed E-state index contributed by atoms with van der Waals surface area (Å²) in [4.78, 5) is 0. The van der Waals surface area contributed by atoms with E-state index in [1.165, 1.54) is 17.0 Å². The number of aromatic nitrogens is 4. The summed E-state index contributed by atoms with van der Waals surface area (Å²) in [6, 6.07) is 2.09. The molecule has 2 rings (SSSR count). The van der Waals surface area contributed by atoms with E-state index in [9.17, 15) is 0 Å². The largest absolute Gasteiger partial charge is 0.364 e. The first kappa shape index (κ1) is 13.6. The van der Waals surface area contributed by atoms with Crippen molar-refractivity contribution in [2.24, 2.45) is 13.0 Å². The Balaban J connectivity index is 2.02. The highest BCUT2D eigenvalue weighted by atomic mass is 15.3. The molecule has 2 aromatic heterocycles. The first-order valence-corrected chi connectivity index (χ1v) is 6.73. The number of hydrogen-bond acceptors (Lipinski definition) is 3. The molecular weight excluding hydrogens is 238 g/mol. The van der Waals surface area contributed by atoms with E-state index >= 15 is 0 Å².